The van der Waals surface area contributed by atoms with E-state index in [0.717, 1.165) is 12.7 Å². The molecular formula is C13H12F2O3S. The Balaban J connectivity index is 2.52. The maximum Gasteiger partial charge on any atom is 0.330 e. The van der Waals surface area contributed by atoms with Crippen LogP contribution < -0.4 is 0 Å². The van der Waals surface area contributed by atoms with Gasteiger partial charge in [-0.15, -0.1) is 0 Å². The molecule has 2 rings (SSSR count). The number of methoxy groups -OCH3 is 1. The summed E-state index contributed by atoms with van der Waals surface area (Å²) in [6, 6.07) is 4.93. The summed E-state index contributed by atoms with van der Waals surface area (Å²) in [4.78, 5) is 24.3. The Morgan fingerprint density at radius 2 is 2.26 bits per heavy atom. The molecule has 0 amide bonds. The highest BCUT2D eigenvalue weighted by atomic mass is 32.2. The smallest absolute Gasteiger partial charge is 0.330 e. The maximum atomic E-state index is 13.1. The molecule has 1 unspecified atom stereocenters. The van der Waals surface area contributed by atoms with Gasteiger partial charge in [-0.05, 0) is 18.6 Å². The van der Waals surface area contributed by atoms with E-state index in [-0.39, 0.29) is 23.7 Å². The topological polar surface area (TPSA) is 43.4 Å². The number of hydrogen-bond donors (Lipinski definition) is 0. The van der Waals surface area contributed by atoms with Crippen molar-refractivity contribution < 1.29 is 24.5 Å². The molecule has 0 aromatic heterocycles. The third-order valence-electron chi connectivity index (χ3n) is 3.08. The molecule has 102 valence electrons. The second kappa shape index (κ2) is 4.92. The number of benzene rings is 1. The number of fused-ring (bicyclic) bond motifs is 1. The largest absolute Gasteiger partial charge is 0.468 e. The van der Waals surface area contributed by atoms with E-state index in [2.05, 4.69) is 4.74 Å². The number of thioether (sulfide) groups is 1. The van der Waals surface area contributed by atoms with E-state index in [0.29, 0.717) is 5.56 Å². The van der Waals surface area contributed by atoms with Crippen LogP contribution in [0.15, 0.2) is 18.2 Å². The highest BCUT2D eigenvalue weighted by Gasteiger charge is 2.55. The molecule has 1 atom stereocenters. The Kier molecular flexibility index (Phi) is 3.26. The third-order valence-corrected chi connectivity index (χ3v) is 4.08. The standard InChI is InChI=1S/C13H12F2O3S/c1-7-3-4-8-6-13(11(17)18-2,19-12(14)15)10(16)9(8)5-7/h3-5,12H,6H2,1-2H3/i12D. The van der Waals surface area contributed by atoms with Gasteiger partial charge in [-0.2, -0.15) is 8.78 Å². The van der Waals surface area contributed by atoms with Crippen LogP contribution in [0.5, 0.6) is 0 Å². The zero-order valence-electron chi connectivity index (χ0n) is 11.3. The zero-order chi connectivity index (χ0) is 15.1. The van der Waals surface area contributed by atoms with Gasteiger partial charge >= 0.3 is 5.97 Å². The van der Waals surface area contributed by atoms with Crippen LogP contribution in [-0.2, 0) is 16.0 Å². The van der Waals surface area contributed by atoms with Gasteiger partial charge in [0.05, 0.1) is 7.11 Å². The number of carbonyl (C=O) groups is 2. The molecule has 0 saturated carbocycles. The van der Waals surface area contributed by atoms with Crippen molar-refractivity contribution in [1.29, 1.82) is 0 Å². The number of alkyl halides is 2. The number of halogens is 2. The lowest BCUT2D eigenvalue weighted by Gasteiger charge is -2.22. The molecule has 6 heteroatoms. The van der Waals surface area contributed by atoms with Crippen molar-refractivity contribution in [2.75, 3.05) is 7.11 Å². The maximum absolute atomic E-state index is 13.1. The van der Waals surface area contributed by atoms with Crippen molar-refractivity contribution in [3.8, 4) is 0 Å². The molecule has 0 heterocycles. The third kappa shape index (κ3) is 2.25. The van der Waals surface area contributed by atoms with Gasteiger partial charge in [-0.3, -0.25) is 9.59 Å². The van der Waals surface area contributed by atoms with Gasteiger partial charge in [0.1, 0.15) is 1.37 Å². The molecule has 3 nitrogen and oxygen atoms in total. The number of Topliss-reactive ketones (excluding diaryl/α,β-unsaturated/α-hetero) is 1. The molecule has 1 aromatic rings. The first kappa shape index (κ1) is 12.6. The molecule has 1 aliphatic rings. The molecule has 0 N–H and O–H groups in total. The second-order valence-electron chi connectivity index (χ2n) is 4.31. The summed E-state index contributed by atoms with van der Waals surface area (Å²) < 4.78 is 35.3. The zero-order valence-corrected chi connectivity index (χ0v) is 11.1. The second-order valence-corrected chi connectivity index (χ2v) is 5.52. The van der Waals surface area contributed by atoms with Crippen molar-refractivity contribution >= 4 is 23.5 Å². The van der Waals surface area contributed by atoms with Crippen LogP contribution in [0.3, 0.4) is 0 Å². The number of carbonyl (C=O) groups excluding carboxylic acids is 2. The monoisotopic (exact) mass is 287 g/mol. The average Bonchev–Trinajstić information content (AvgIpc) is 2.61. The van der Waals surface area contributed by atoms with Gasteiger partial charge in [0.15, 0.2) is 10.5 Å². The first-order chi connectivity index (χ1) is 9.19. The summed E-state index contributed by atoms with van der Waals surface area (Å²) in [6.45, 7) is 1.76. The van der Waals surface area contributed by atoms with E-state index < -0.39 is 22.2 Å². The molecule has 0 radical (unpaired) electrons. The lowest BCUT2D eigenvalue weighted by Crippen LogP contribution is -2.43. The molecule has 1 aliphatic carbocycles. The highest BCUT2D eigenvalue weighted by Crippen LogP contribution is 2.44. The van der Waals surface area contributed by atoms with E-state index in [9.17, 15) is 18.4 Å². The van der Waals surface area contributed by atoms with Crippen LogP contribution in [0.25, 0.3) is 0 Å². The Bertz CT molecular complexity index is 585. The van der Waals surface area contributed by atoms with E-state index in [1.165, 1.54) is 0 Å². The summed E-state index contributed by atoms with van der Waals surface area (Å²) >= 11 is -0.276. The van der Waals surface area contributed by atoms with Gasteiger partial charge in [0.2, 0.25) is 0 Å². The summed E-state index contributed by atoms with van der Waals surface area (Å²) in [5, 5.41) is 0. The fraction of sp³-hybridized carbons (Fsp3) is 0.385. The quantitative estimate of drug-likeness (QED) is 0.633. The van der Waals surface area contributed by atoms with E-state index in [4.69, 9.17) is 1.37 Å². The van der Waals surface area contributed by atoms with Crippen molar-refractivity contribution in [3.63, 3.8) is 0 Å². The van der Waals surface area contributed by atoms with E-state index in [1.807, 2.05) is 0 Å². The van der Waals surface area contributed by atoms with Crippen LogP contribution in [0.4, 0.5) is 8.78 Å². The number of hydrogen-bond acceptors (Lipinski definition) is 4. The SMILES string of the molecule is [2H]C(F)(F)SC1(C(=O)OC)Cc2ccc(C)cc2C1=O. The molecule has 19 heavy (non-hydrogen) atoms. The predicted molar refractivity (Wildman–Crippen MR) is 67.6 cm³/mol. The van der Waals surface area contributed by atoms with Gasteiger partial charge < -0.3 is 4.74 Å². The van der Waals surface area contributed by atoms with Crippen LogP contribution in [0.2, 0.25) is 0 Å². The van der Waals surface area contributed by atoms with Crippen molar-refractivity contribution in [3.05, 3.63) is 34.9 Å². The lowest BCUT2D eigenvalue weighted by molar-refractivity contribution is -0.142. The molecule has 0 spiro atoms. The first-order valence-electron chi connectivity index (χ1n) is 6.00. The predicted octanol–water partition coefficient (Wildman–Crippen LogP) is 2.60. The minimum absolute atomic E-state index is 0.187. The molecular weight excluding hydrogens is 274 g/mol. The molecule has 1 aromatic carbocycles. The number of ketones is 1. The van der Waals surface area contributed by atoms with Crippen molar-refractivity contribution in [2.24, 2.45) is 0 Å². The van der Waals surface area contributed by atoms with Crippen molar-refractivity contribution in [1.82, 2.24) is 0 Å². The Morgan fingerprint density at radius 3 is 2.84 bits per heavy atom. The summed E-state index contributed by atoms with van der Waals surface area (Å²) in [7, 11) is 1.04. The Hall–Kier alpha value is -1.43. The van der Waals surface area contributed by atoms with Gasteiger partial charge in [0.25, 0.3) is 5.73 Å². The molecule has 0 aliphatic heterocycles. The molecule has 0 fully saturated rings. The number of ether oxygens (including phenoxy) is 1. The fourth-order valence-electron chi connectivity index (χ4n) is 2.21. The highest BCUT2D eigenvalue weighted by molar-refractivity contribution is 8.02. The van der Waals surface area contributed by atoms with E-state index >= 15 is 0 Å². The summed E-state index contributed by atoms with van der Waals surface area (Å²) in [6.07, 6.45) is -0.187. The fourth-order valence-corrected chi connectivity index (χ4v) is 3.07. The summed E-state index contributed by atoms with van der Waals surface area (Å²) in [5.74, 6) is -1.77. The van der Waals surface area contributed by atoms with Gasteiger partial charge in [-0.1, -0.05) is 29.5 Å². The Morgan fingerprint density at radius 1 is 1.58 bits per heavy atom. The minimum Gasteiger partial charge on any atom is -0.468 e. The van der Waals surface area contributed by atoms with Crippen LogP contribution in [0, 0.1) is 6.92 Å². The first-order valence-corrected chi connectivity index (χ1v) is 6.32. The average molecular weight is 287 g/mol. The number of rotatable bonds is 3. The summed E-state index contributed by atoms with van der Waals surface area (Å²) in [5.41, 5.74) is -2.41. The van der Waals surface area contributed by atoms with Crippen LogP contribution >= 0.6 is 11.8 Å². The number of esters is 1. The molecule has 0 saturated heterocycles. The van der Waals surface area contributed by atoms with Crippen LogP contribution in [0.1, 0.15) is 22.9 Å². The van der Waals surface area contributed by atoms with Crippen LogP contribution in [-0.4, -0.2) is 29.3 Å². The number of aryl methyl sites for hydroxylation is 1. The molecule has 0 bridgehead atoms. The van der Waals surface area contributed by atoms with Crippen molar-refractivity contribution in [2.45, 2.75) is 23.8 Å². The van der Waals surface area contributed by atoms with E-state index in [1.54, 1.807) is 25.1 Å². The lowest BCUT2D eigenvalue weighted by atomic mass is 10.0. The Labute approximate surface area is 114 Å². The van der Waals surface area contributed by atoms with Gasteiger partial charge in [0, 0.05) is 12.0 Å². The normalized spacial score (nSPS) is 22.9. The van der Waals surface area contributed by atoms with Gasteiger partial charge in [-0.25, -0.2) is 0 Å². The minimum atomic E-state index is -3.96.